The molecule has 1 spiro atoms. The van der Waals surface area contributed by atoms with Crippen LogP contribution < -0.4 is 5.32 Å². The van der Waals surface area contributed by atoms with E-state index in [-0.39, 0.29) is 5.91 Å². The highest BCUT2D eigenvalue weighted by Gasteiger charge is 2.40. The third-order valence-corrected chi connectivity index (χ3v) is 7.00. The molecule has 4 rings (SSSR count). The van der Waals surface area contributed by atoms with E-state index in [9.17, 15) is 4.79 Å². The van der Waals surface area contributed by atoms with Gasteiger partial charge in [-0.25, -0.2) is 0 Å². The minimum absolute atomic E-state index is 0.0243. The second kappa shape index (κ2) is 8.27. The first-order valence-corrected chi connectivity index (χ1v) is 11.1. The van der Waals surface area contributed by atoms with E-state index in [0.29, 0.717) is 30.1 Å². The molecule has 0 radical (unpaired) electrons. The van der Waals surface area contributed by atoms with E-state index in [1.165, 1.54) is 47.9 Å². The third kappa shape index (κ3) is 3.95. The van der Waals surface area contributed by atoms with Crippen LogP contribution in [0.4, 0.5) is 0 Å². The van der Waals surface area contributed by atoms with E-state index < -0.39 is 0 Å². The van der Waals surface area contributed by atoms with Gasteiger partial charge in [0, 0.05) is 25.2 Å². The van der Waals surface area contributed by atoms with Crippen molar-refractivity contribution in [1.82, 2.24) is 15.2 Å². The fourth-order valence-electron chi connectivity index (χ4n) is 5.27. The van der Waals surface area contributed by atoms with Crippen LogP contribution in [-0.4, -0.2) is 42.0 Å². The molecule has 1 aromatic heterocycles. The van der Waals surface area contributed by atoms with E-state index in [0.717, 1.165) is 13.1 Å². The van der Waals surface area contributed by atoms with Gasteiger partial charge in [-0.3, -0.25) is 9.78 Å². The molecule has 0 saturated carbocycles. The number of piperidine rings is 1. The first-order chi connectivity index (χ1) is 14.0. The standard InChI is InChI=1S/C25H33N3O/c1-4-28(5-2)24(29)23-9-8-20(17-27-23)22-16-25(10-12-26-13-11-25)15-19-7-6-18(3)14-21(19)22/h6-9,14,17,22,26H,4-5,10-13,15-16H2,1-3H3. The maximum Gasteiger partial charge on any atom is 0.272 e. The van der Waals surface area contributed by atoms with Crippen molar-refractivity contribution in [3.8, 4) is 0 Å². The minimum atomic E-state index is 0.0243. The topological polar surface area (TPSA) is 45.2 Å². The number of nitrogens with zero attached hydrogens (tertiary/aromatic N) is 2. The van der Waals surface area contributed by atoms with Crippen molar-refractivity contribution < 1.29 is 4.79 Å². The molecule has 1 aliphatic heterocycles. The van der Waals surface area contributed by atoms with Gasteiger partial charge >= 0.3 is 0 Å². The number of carbonyl (C=O) groups excluding carboxylic acids is 1. The molecule has 1 atom stereocenters. The van der Waals surface area contributed by atoms with Crippen molar-refractivity contribution in [3.63, 3.8) is 0 Å². The van der Waals surface area contributed by atoms with E-state index >= 15 is 0 Å². The van der Waals surface area contributed by atoms with Crippen molar-refractivity contribution in [1.29, 1.82) is 0 Å². The predicted molar refractivity (Wildman–Crippen MR) is 117 cm³/mol. The molecule has 4 nitrogen and oxygen atoms in total. The lowest BCUT2D eigenvalue weighted by Crippen LogP contribution is -2.41. The van der Waals surface area contributed by atoms with Crippen molar-refractivity contribution in [2.45, 2.75) is 52.4 Å². The van der Waals surface area contributed by atoms with Crippen molar-refractivity contribution in [3.05, 3.63) is 64.5 Å². The molecule has 2 aliphatic rings. The summed E-state index contributed by atoms with van der Waals surface area (Å²) in [6, 6.07) is 11.0. The molecule has 1 amide bonds. The van der Waals surface area contributed by atoms with Crippen LogP contribution >= 0.6 is 0 Å². The smallest absolute Gasteiger partial charge is 0.272 e. The highest BCUT2D eigenvalue weighted by molar-refractivity contribution is 5.92. The molecule has 1 aromatic carbocycles. The number of fused-ring (bicyclic) bond motifs is 1. The van der Waals surface area contributed by atoms with Crippen LogP contribution in [0.1, 0.15) is 71.8 Å². The van der Waals surface area contributed by atoms with E-state index in [2.05, 4.69) is 41.5 Å². The Morgan fingerprint density at radius 3 is 2.59 bits per heavy atom. The largest absolute Gasteiger partial charge is 0.338 e. The molecular formula is C25H33N3O. The number of aromatic nitrogens is 1. The SMILES string of the molecule is CCN(CC)C(=O)c1ccc(C2CC3(CCNCC3)Cc3ccc(C)cc32)cn1. The Morgan fingerprint density at radius 1 is 1.17 bits per heavy atom. The first kappa shape index (κ1) is 20.1. The highest BCUT2D eigenvalue weighted by Crippen LogP contribution is 2.49. The van der Waals surface area contributed by atoms with Gasteiger partial charge in [0.15, 0.2) is 0 Å². The van der Waals surface area contributed by atoms with Crippen LogP contribution in [0.5, 0.6) is 0 Å². The summed E-state index contributed by atoms with van der Waals surface area (Å²) in [6.45, 7) is 9.85. The lowest BCUT2D eigenvalue weighted by atomic mass is 9.61. The number of pyridine rings is 1. The van der Waals surface area contributed by atoms with Crippen LogP contribution in [0.2, 0.25) is 0 Å². The molecule has 29 heavy (non-hydrogen) atoms. The number of rotatable bonds is 4. The molecule has 1 N–H and O–H groups in total. The fraction of sp³-hybridized carbons (Fsp3) is 0.520. The van der Waals surface area contributed by atoms with Gasteiger partial charge in [-0.1, -0.05) is 29.8 Å². The monoisotopic (exact) mass is 391 g/mol. The summed E-state index contributed by atoms with van der Waals surface area (Å²) in [6.07, 6.45) is 6.79. The van der Waals surface area contributed by atoms with Crippen LogP contribution in [0.25, 0.3) is 0 Å². The number of benzene rings is 1. The number of hydrogen-bond donors (Lipinski definition) is 1. The first-order valence-electron chi connectivity index (χ1n) is 11.1. The molecule has 2 aromatic rings. The molecule has 154 valence electrons. The highest BCUT2D eigenvalue weighted by atomic mass is 16.2. The zero-order valence-corrected chi connectivity index (χ0v) is 18.0. The summed E-state index contributed by atoms with van der Waals surface area (Å²) in [5.41, 5.74) is 6.44. The molecule has 1 fully saturated rings. The van der Waals surface area contributed by atoms with Gasteiger partial charge in [0.25, 0.3) is 5.91 Å². The number of nitrogens with one attached hydrogen (secondary N) is 1. The number of aryl methyl sites for hydroxylation is 1. The summed E-state index contributed by atoms with van der Waals surface area (Å²) >= 11 is 0. The van der Waals surface area contributed by atoms with Crippen LogP contribution in [-0.2, 0) is 6.42 Å². The van der Waals surface area contributed by atoms with Gasteiger partial charge in [0.1, 0.15) is 5.69 Å². The van der Waals surface area contributed by atoms with Gasteiger partial charge in [-0.15, -0.1) is 0 Å². The van der Waals surface area contributed by atoms with Gasteiger partial charge in [0.2, 0.25) is 0 Å². The quantitative estimate of drug-likeness (QED) is 0.844. The molecule has 4 heteroatoms. The molecule has 1 aliphatic carbocycles. The zero-order chi connectivity index (χ0) is 20.4. The van der Waals surface area contributed by atoms with Crippen LogP contribution in [0.15, 0.2) is 36.5 Å². The number of carbonyl (C=O) groups is 1. The maximum absolute atomic E-state index is 12.6. The molecule has 0 bridgehead atoms. The van der Waals surface area contributed by atoms with Crippen LogP contribution in [0, 0.1) is 12.3 Å². The molecule has 1 unspecified atom stereocenters. The molecule has 1 saturated heterocycles. The fourth-order valence-corrected chi connectivity index (χ4v) is 5.27. The second-order valence-corrected chi connectivity index (χ2v) is 8.84. The van der Waals surface area contributed by atoms with Crippen molar-refractivity contribution >= 4 is 5.91 Å². The number of hydrogen-bond acceptors (Lipinski definition) is 3. The van der Waals surface area contributed by atoms with Gasteiger partial charge < -0.3 is 10.2 Å². The average Bonchev–Trinajstić information content (AvgIpc) is 2.75. The molecule has 2 heterocycles. The van der Waals surface area contributed by atoms with E-state index in [1.807, 2.05) is 31.0 Å². The second-order valence-electron chi connectivity index (χ2n) is 8.84. The summed E-state index contributed by atoms with van der Waals surface area (Å²) in [5, 5.41) is 3.53. The van der Waals surface area contributed by atoms with Crippen LogP contribution in [0.3, 0.4) is 0 Å². The Bertz CT molecular complexity index is 864. The Labute approximate surface area is 174 Å². The van der Waals surface area contributed by atoms with Crippen molar-refractivity contribution in [2.75, 3.05) is 26.2 Å². The Kier molecular flexibility index (Phi) is 5.73. The van der Waals surface area contributed by atoms with Gasteiger partial charge in [0.05, 0.1) is 0 Å². The Morgan fingerprint density at radius 2 is 1.93 bits per heavy atom. The third-order valence-electron chi connectivity index (χ3n) is 7.00. The average molecular weight is 392 g/mol. The van der Waals surface area contributed by atoms with Crippen molar-refractivity contribution in [2.24, 2.45) is 5.41 Å². The lowest BCUT2D eigenvalue weighted by Gasteiger charge is -2.45. The van der Waals surface area contributed by atoms with Gasteiger partial charge in [-0.2, -0.15) is 0 Å². The normalized spacial score (nSPS) is 20.3. The minimum Gasteiger partial charge on any atom is -0.338 e. The lowest BCUT2D eigenvalue weighted by molar-refractivity contribution is 0.0767. The van der Waals surface area contributed by atoms with E-state index in [4.69, 9.17) is 0 Å². The Balaban J connectivity index is 1.67. The summed E-state index contributed by atoms with van der Waals surface area (Å²) < 4.78 is 0. The summed E-state index contributed by atoms with van der Waals surface area (Å²) in [5.74, 6) is 0.387. The number of amides is 1. The van der Waals surface area contributed by atoms with Gasteiger partial charge in [-0.05, 0) is 87.7 Å². The zero-order valence-electron chi connectivity index (χ0n) is 18.0. The maximum atomic E-state index is 12.6. The summed E-state index contributed by atoms with van der Waals surface area (Å²) in [4.78, 5) is 19.1. The summed E-state index contributed by atoms with van der Waals surface area (Å²) in [7, 11) is 0. The van der Waals surface area contributed by atoms with E-state index in [1.54, 1.807) is 0 Å². The Hall–Kier alpha value is -2.20. The predicted octanol–water partition coefficient (Wildman–Crippen LogP) is 4.32. The molecular weight excluding hydrogens is 358 g/mol.